The molecule has 0 aromatic heterocycles. The zero-order valence-electron chi connectivity index (χ0n) is 13.6. The third-order valence-corrected chi connectivity index (χ3v) is 3.71. The lowest BCUT2D eigenvalue weighted by molar-refractivity contribution is -0.384. The Hall–Kier alpha value is -3.29. The van der Waals surface area contributed by atoms with Crippen LogP contribution in [0, 0.1) is 10.1 Å². The SMILES string of the molecule is CCNc1ccc(C(=O)NCc2ccc3c(c2)OCO3)cc1[N+](=O)[O-]. The fraction of sp³-hybridized carbons (Fsp3) is 0.235. The molecule has 0 fully saturated rings. The van der Waals surface area contributed by atoms with Crippen molar-refractivity contribution < 1.29 is 19.2 Å². The number of hydrogen-bond acceptors (Lipinski definition) is 6. The molecule has 0 aliphatic carbocycles. The summed E-state index contributed by atoms with van der Waals surface area (Å²) in [5, 5.41) is 16.8. The van der Waals surface area contributed by atoms with Gasteiger partial charge in [-0.05, 0) is 36.8 Å². The third kappa shape index (κ3) is 3.63. The molecule has 130 valence electrons. The molecule has 1 amide bonds. The van der Waals surface area contributed by atoms with Crippen LogP contribution in [-0.4, -0.2) is 24.2 Å². The van der Waals surface area contributed by atoms with Gasteiger partial charge in [-0.3, -0.25) is 14.9 Å². The third-order valence-electron chi connectivity index (χ3n) is 3.71. The Morgan fingerprint density at radius 2 is 2.00 bits per heavy atom. The Balaban J connectivity index is 1.70. The number of anilines is 1. The highest BCUT2D eigenvalue weighted by atomic mass is 16.7. The summed E-state index contributed by atoms with van der Waals surface area (Å²) >= 11 is 0. The van der Waals surface area contributed by atoms with Gasteiger partial charge in [0, 0.05) is 24.7 Å². The van der Waals surface area contributed by atoms with Crippen LogP contribution in [0.4, 0.5) is 11.4 Å². The van der Waals surface area contributed by atoms with Gasteiger partial charge in [0.25, 0.3) is 11.6 Å². The average Bonchev–Trinajstić information content (AvgIpc) is 3.07. The molecule has 8 heteroatoms. The van der Waals surface area contributed by atoms with E-state index in [1.165, 1.54) is 12.1 Å². The minimum Gasteiger partial charge on any atom is -0.454 e. The molecule has 25 heavy (non-hydrogen) atoms. The average molecular weight is 343 g/mol. The predicted octanol–water partition coefficient (Wildman–Crippen LogP) is 2.69. The fourth-order valence-electron chi connectivity index (χ4n) is 2.50. The van der Waals surface area contributed by atoms with E-state index < -0.39 is 4.92 Å². The summed E-state index contributed by atoms with van der Waals surface area (Å²) in [7, 11) is 0. The molecule has 3 rings (SSSR count). The quantitative estimate of drug-likeness (QED) is 0.617. The van der Waals surface area contributed by atoms with Crippen LogP contribution in [0.25, 0.3) is 0 Å². The molecule has 0 spiro atoms. The van der Waals surface area contributed by atoms with Crippen molar-refractivity contribution in [3.05, 3.63) is 57.6 Å². The first kappa shape index (κ1) is 16.6. The van der Waals surface area contributed by atoms with Gasteiger partial charge in [0.15, 0.2) is 11.5 Å². The van der Waals surface area contributed by atoms with Crippen LogP contribution in [0.1, 0.15) is 22.8 Å². The maximum absolute atomic E-state index is 12.3. The standard InChI is InChI=1S/C17H17N3O5/c1-2-18-13-5-4-12(8-14(13)20(22)23)17(21)19-9-11-3-6-15-16(7-11)25-10-24-15/h3-8,18H,2,9-10H2,1H3,(H,19,21). The topological polar surface area (TPSA) is 103 Å². The fourth-order valence-corrected chi connectivity index (χ4v) is 2.50. The predicted molar refractivity (Wildman–Crippen MR) is 91.0 cm³/mol. The van der Waals surface area contributed by atoms with Gasteiger partial charge >= 0.3 is 0 Å². The van der Waals surface area contributed by atoms with Crippen LogP contribution >= 0.6 is 0 Å². The Kier molecular flexibility index (Phi) is 4.69. The zero-order valence-corrected chi connectivity index (χ0v) is 13.6. The van der Waals surface area contributed by atoms with Gasteiger partial charge in [-0.25, -0.2) is 0 Å². The first-order chi connectivity index (χ1) is 12.1. The number of carbonyl (C=O) groups is 1. The van der Waals surface area contributed by atoms with Crippen molar-refractivity contribution in [1.29, 1.82) is 0 Å². The van der Waals surface area contributed by atoms with Crippen LogP contribution in [0.15, 0.2) is 36.4 Å². The molecule has 0 saturated carbocycles. The van der Waals surface area contributed by atoms with Crippen molar-refractivity contribution in [2.24, 2.45) is 0 Å². The second-order valence-electron chi connectivity index (χ2n) is 5.39. The van der Waals surface area contributed by atoms with E-state index in [-0.39, 0.29) is 30.5 Å². The summed E-state index contributed by atoms with van der Waals surface area (Å²) < 4.78 is 10.5. The van der Waals surface area contributed by atoms with E-state index >= 15 is 0 Å². The van der Waals surface area contributed by atoms with E-state index in [1.54, 1.807) is 18.2 Å². The van der Waals surface area contributed by atoms with Gasteiger partial charge in [-0.1, -0.05) is 6.07 Å². The van der Waals surface area contributed by atoms with E-state index in [1.807, 2.05) is 13.0 Å². The van der Waals surface area contributed by atoms with Crippen molar-refractivity contribution >= 4 is 17.3 Å². The van der Waals surface area contributed by atoms with Crippen LogP contribution in [0.2, 0.25) is 0 Å². The lowest BCUT2D eigenvalue weighted by atomic mass is 10.1. The monoisotopic (exact) mass is 343 g/mol. The smallest absolute Gasteiger partial charge is 0.293 e. The molecule has 0 atom stereocenters. The van der Waals surface area contributed by atoms with E-state index in [2.05, 4.69) is 10.6 Å². The summed E-state index contributed by atoms with van der Waals surface area (Å²) in [5.41, 5.74) is 1.34. The number of carbonyl (C=O) groups excluding carboxylic acids is 1. The highest BCUT2D eigenvalue weighted by molar-refractivity contribution is 5.95. The van der Waals surface area contributed by atoms with Crippen LogP contribution in [0.3, 0.4) is 0 Å². The molecule has 1 aliphatic rings. The molecule has 0 radical (unpaired) electrons. The molecule has 2 aromatic rings. The number of nitro benzene ring substituents is 1. The largest absolute Gasteiger partial charge is 0.454 e. The van der Waals surface area contributed by atoms with Crippen molar-refractivity contribution in [2.75, 3.05) is 18.7 Å². The van der Waals surface area contributed by atoms with Crippen LogP contribution in [0.5, 0.6) is 11.5 Å². The van der Waals surface area contributed by atoms with Crippen LogP contribution in [-0.2, 0) is 6.54 Å². The van der Waals surface area contributed by atoms with Crippen molar-refractivity contribution in [1.82, 2.24) is 5.32 Å². The molecule has 1 aliphatic heterocycles. The van der Waals surface area contributed by atoms with Gasteiger partial charge in [0.05, 0.1) is 4.92 Å². The van der Waals surface area contributed by atoms with E-state index in [9.17, 15) is 14.9 Å². The minimum atomic E-state index is -0.507. The maximum Gasteiger partial charge on any atom is 0.293 e. The molecule has 0 unspecified atom stereocenters. The Morgan fingerprint density at radius 3 is 2.76 bits per heavy atom. The molecular weight excluding hydrogens is 326 g/mol. The maximum atomic E-state index is 12.3. The van der Waals surface area contributed by atoms with Crippen molar-refractivity contribution in [3.8, 4) is 11.5 Å². The van der Waals surface area contributed by atoms with Gasteiger partial charge in [0.1, 0.15) is 5.69 Å². The minimum absolute atomic E-state index is 0.127. The first-order valence-corrected chi connectivity index (χ1v) is 7.77. The number of rotatable bonds is 6. The molecule has 2 aromatic carbocycles. The zero-order chi connectivity index (χ0) is 17.8. The molecule has 0 saturated heterocycles. The summed E-state index contributed by atoms with van der Waals surface area (Å²) in [4.78, 5) is 22.9. The van der Waals surface area contributed by atoms with Gasteiger partial charge in [-0.15, -0.1) is 0 Å². The first-order valence-electron chi connectivity index (χ1n) is 7.77. The molecule has 1 heterocycles. The lowest BCUT2D eigenvalue weighted by Gasteiger charge is -2.08. The van der Waals surface area contributed by atoms with Crippen molar-refractivity contribution in [3.63, 3.8) is 0 Å². The Morgan fingerprint density at radius 1 is 1.20 bits per heavy atom. The molecule has 8 nitrogen and oxygen atoms in total. The number of fused-ring (bicyclic) bond motifs is 1. The van der Waals surface area contributed by atoms with Gasteiger partial charge < -0.3 is 20.1 Å². The van der Waals surface area contributed by atoms with E-state index in [0.717, 1.165) is 5.56 Å². The number of amides is 1. The highest BCUT2D eigenvalue weighted by Gasteiger charge is 2.18. The second-order valence-corrected chi connectivity index (χ2v) is 5.39. The number of ether oxygens (including phenoxy) is 2. The Labute approximate surface area is 143 Å². The van der Waals surface area contributed by atoms with Crippen molar-refractivity contribution in [2.45, 2.75) is 13.5 Å². The number of nitrogens with one attached hydrogen (secondary N) is 2. The molecule has 0 bridgehead atoms. The van der Waals surface area contributed by atoms with Crippen LogP contribution < -0.4 is 20.1 Å². The summed E-state index contributed by atoms with van der Waals surface area (Å²) in [5.74, 6) is 0.922. The molecular formula is C17H17N3O5. The van der Waals surface area contributed by atoms with Gasteiger partial charge in [0.2, 0.25) is 6.79 Å². The lowest BCUT2D eigenvalue weighted by Crippen LogP contribution is -2.23. The number of hydrogen-bond donors (Lipinski definition) is 2. The molecule has 2 N–H and O–H groups in total. The number of benzene rings is 2. The summed E-state index contributed by atoms with van der Waals surface area (Å²) in [6, 6.07) is 9.76. The highest BCUT2D eigenvalue weighted by Crippen LogP contribution is 2.32. The second kappa shape index (κ2) is 7.08. The van der Waals surface area contributed by atoms with E-state index in [0.29, 0.717) is 23.7 Å². The van der Waals surface area contributed by atoms with Gasteiger partial charge in [-0.2, -0.15) is 0 Å². The normalized spacial score (nSPS) is 11.9. The number of nitro groups is 1. The summed E-state index contributed by atoms with van der Waals surface area (Å²) in [6.07, 6.45) is 0. The van der Waals surface area contributed by atoms with E-state index in [4.69, 9.17) is 9.47 Å². The number of nitrogens with zero attached hydrogens (tertiary/aromatic N) is 1. The summed E-state index contributed by atoms with van der Waals surface area (Å²) in [6.45, 7) is 2.86. The Bertz CT molecular complexity index is 822.